The van der Waals surface area contributed by atoms with Crippen molar-refractivity contribution in [3.05, 3.63) is 60.2 Å². The third-order valence-electron chi connectivity index (χ3n) is 4.64. The van der Waals surface area contributed by atoms with Crippen LogP contribution < -0.4 is 10.6 Å². The first-order valence-electron chi connectivity index (χ1n) is 9.10. The highest BCUT2D eigenvalue weighted by Crippen LogP contribution is 2.21. The number of carbonyl (C=O) groups is 2. The molecule has 1 saturated heterocycles. The summed E-state index contributed by atoms with van der Waals surface area (Å²) < 4.78 is 0. The van der Waals surface area contributed by atoms with Gasteiger partial charge in [0.2, 0.25) is 11.8 Å². The largest absolute Gasteiger partial charge is 0.356 e. The maximum absolute atomic E-state index is 12.2. The van der Waals surface area contributed by atoms with E-state index in [4.69, 9.17) is 0 Å². The van der Waals surface area contributed by atoms with E-state index in [-0.39, 0.29) is 18.2 Å². The van der Waals surface area contributed by atoms with Crippen LogP contribution in [0.1, 0.15) is 18.9 Å². The van der Waals surface area contributed by atoms with E-state index in [0.29, 0.717) is 19.6 Å². The third kappa shape index (κ3) is 4.49. The van der Waals surface area contributed by atoms with Crippen molar-refractivity contribution in [3.63, 3.8) is 0 Å². The van der Waals surface area contributed by atoms with Crippen LogP contribution in [-0.2, 0) is 16.1 Å². The van der Waals surface area contributed by atoms with Crippen molar-refractivity contribution in [2.75, 3.05) is 19.6 Å². The third-order valence-corrected chi connectivity index (χ3v) is 4.64. The quantitative estimate of drug-likeness (QED) is 0.839. The number of nitrogens with zero attached hydrogens (tertiary/aromatic N) is 1. The predicted molar refractivity (Wildman–Crippen MR) is 102 cm³/mol. The zero-order valence-electron chi connectivity index (χ0n) is 15.1. The van der Waals surface area contributed by atoms with Crippen molar-refractivity contribution >= 4 is 11.8 Å². The Hall–Kier alpha value is -2.66. The van der Waals surface area contributed by atoms with Gasteiger partial charge in [0.1, 0.15) is 0 Å². The smallest absolute Gasteiger partial charge is 0.237 e. The van der Waals surface area contributed by atoms with Gasteiger partial charge in [0.25, 0.3) is 0 Å². The van der Waals surface area contributed by atoms with E-state index < -0.39 is 6.04 Å². The first-order chi connectivity index (χ1) is 12.7. The molecule has 2 N–H and O–H groups in total. The summed E-state index contributed by atoms with van der Waals surface area (Å²) in [6.07, 6.45) is 0.196. The number of benzene rings is 2. The fraction of sp³-hybridized carbons (Fsp3) is 0.333. The first-order valence-corrected chi connectivity index (χ1v) is 9.10. The summed E-state index contributed by atoms with van der Waals surface area (Å²) in [6, 6.07) is 18.2. The summed E-state index contributed by atoms with van der Waals surface area (Å²) in [5.41, 5.74) is 3.50. The minimum absolute atomic E-state index is 0.0663. The van der Waals surface area contributed by atoms with E-state index in [2.05, 4.69) is 51.9 Å². The molecule has 0 aliphatic carbocycles. The van der Waals surface area contributed by atoms with Crippen LogP contribution in [-0.4, -0.2) is 42.4 Å². The Balaban J connectivity index is 1.69. The molecule has 3 rings (SSSR count). The molecule has 2 amide bonds. The van der Waals surface area contributed by atoms with Gasteiger partial charge in [-0.25, -0.2) is 0 Å². The molecule has 0 saturated carbocycles. The molecule has 1 heterocycles. The van der Waals surface area contributed by atoms with Gasteiger partial charge in [-0.15, -0.1) is 0 Å². The van der Waals surface area contributed by atoms with Crippen molar-refractivity contribution in [1.82, 2.24) is 15.5 Å². The number of amides is 2. The van der Waals surface area contributed by atoms with Crippen LogP contribution in [0, 0.1) is 0 Å². The highest BCUT2D eigenvalue weighted by molar-refractivity contribution is 5.88. The number of nitrogens with one attached hydrogen (secondary N) is 2. The summed E-state index contributed by atoms with van der Waals surface area (Å²) in [5, 5.41) is 5.64. The summed E-state index contributed by atoms with van der Waals surface area (Å²) in [6.45, 7) is 4.48. The monoisotopic (exact) mass is 351 g/mol. The van der Waals surface area contributed by atoms with Crippen molar-refractivity contribution in [3.8, 4) is 11.1 Å². The van der Waals surface area contributed by atoms with E-state index in [1.165, 1.54) is 11.1 Å². The van der Waals surface area contributed by atoms with Gasteiger partial charge in [0.05, 0.1) is 12.5 Å². The summed E-state index contributed by atoms with van der Waals surface area (Å²) in [4.78, 5) is 26.3. The SMILES string of the molecule is CCNC(=O)CC1C(=O)NCCN1Cc1ccc(-c2ccccc2)cc1. The van der Waals surface area contributed by atoms with Gasteiger partial charge in [0, 0.05) is 26.2 Å². The second-order valence-electron chi connectivity index (χ2n) is 6.50. The Kier molecular flexibility index (Phi) is 6.02. The molecule has 0 radical (unpaired) electrons. The number of hydrogen-bond acceptors (Lipinski definition) is 3. The van der Waals surface area contributed by atoms with Gasteiger partial charge in [-0.05, 0) is 23.6 Å². The molecule has 1 aliphatic heterocycles. The maximum Gasteiger partial charge on any atom is 0.237 e. The fourth-order valence-corrected chi connectivity index (χ4v) is 3.29. The molecule has 0 aromatic heterocycles. The van der Waals surface area contributed by atoms with E-state index in [9.17, 15) is 9.59 Å². The average molecular weight is 351 g/mol. The minimum Gasteiger partial charge on any atom is -0.356 e. The van der Waals surface area contributed by atoms with Crippen molar-refractivity contribution in [2.24, 2.45) is 0 Å². The highest BCUT2D eigenvalue weighted by atomic mass is 16.2. The van der Waals surface area contributed by atoms with E-state index in [0.717, 1.165) is 12.1 Å². The molecule has 0 spiro atoms. The number of piperazine rings is 1. The molecule has 5 nitrogen and oxygen atoms in total. The zero-order valence-corrected chi connectivity index (χ0v) is 15.1. The molecule has 2 aromatic rings. The summed E-state index contributed by atoms with van der Waals surface area (Å²) >= 11 is 0. The van der Waals surface area contributed by atoms with Crippen molar-refractivity contribution < 1.29 is 9.59 Å². The maximum atomic E-state index is 12.2. The van der Waals surface area contributed by atoms with Crippen LogP contribution in [0.5, 0.6) is 0 Å². The van der Waals surface area contributed by atoms with E-state index >= 15 is 0 Å². The molecular weight excluding hydrogens is 326 g/mol. The molecule has 0 bridgehead atoms. The Bertz CT molecular complexity index is 744. The lowest BCUT2D eigenvalue weighted by Crippen LogP contribution is -2.56. The highest BCUT2D eigenvalue weighted by Gasteiger charge is 2.31. The molecule has 1 atom stereocenters. The van der Waals surface area contributed by atoms with Crippen LogP contribution in [0.25, 0.3) is 11.1 Å². The minimum atomic E-state index is -0.413. The lowest BCUT2D eigenvalue weighted by atomic mass is 10.0. The molecular formula is C21H25N3O2. The fourth-order valence-electron chi connectivity index (χ4n) is 3.29. The van der Waals surface area contributed by atoms with Gasteiger partial charge in [0.15, 0.2) is 0 Å². The predicted octanol–water partition coefficient (Wildman–Crippen LogP) is 2.18. The molecule has 2 aromatic carbocycles. The first kappa shape index (κ1) is 18.1. The van der Waals surface area contributed by atoms with Gasteiger partial charge < -0.3 is 10.6 Å². The Morgan fingerprint density at radius 2 is 1.81 bits per heavy atom. The second-order valence-corrected chi connectivity index (χ2v) is 6.50. The van der Waals surface area contributed by atoms with Gasteiger partial charge in [-0.1, -0.05) is 54.6 Å². The molecule has 1 unspecified atom stereocenters. The van der Waals surface area contributed by atoms with Gasteiger partial charge in [-0.3, -0.25) is 14.5 Å². The van der Waals surface area contributed by atoms with Crippen molar-refractivity contribution in [2.45, 2.75) is 25.9 Å². The van der Waals surface area contributed by atoms with Crippen LogP contribution >= 0.6 is 0 Å². The molecule has 136 valence electrons. The second kappa shape index (κ2) is 8.63. The lowest BCUT2D eigenvalue weighted by Gasteiger charge is -2.34. The molecule has 1 aliphatic rings. The van der Waals surface area contributed by atoms with E-state index in [1.54, 1.807) is 0 Å². The zero-order chi connectivity index (χ0) is 18.4. The van der Waals surface area contributed by atoms with E-state index in [1.807, 2.05) is 25.1 Å². The van der Waals surface area contributed by atoms with Crippen LogP contribution in [0.4, 0.5) is 0 Å². The van der Waals surface area contributed by atoms with Crippen molar-refractivity contribution in [1.29, 1.82) is 0 Å². The van der Waals surface area contributed by atoms with Gasteiger partial charge >= 0.3 is 0 Å². The number of hydrogen-bond donors (Lipinski definition) is 2. The average Bonchev–Trinajstić information content (AvgIpc) is 2.66. The topological polar surface area (TPSA) is 61.4 Å². The van der Waals surface area contributed by atoms with Crippen LogP contribution in [0.15, 0.2) is 54.6 Å². The molecule has 1 fully saturated rings. The van der Waals surface area contributed by atoms with Gasteiger partial charge in [-0.2, -0.15) is 0 Å². The van der Waals surface area contributed by atoms with Crippen LogP contribution in [0.3, 0.4) is 0 Å². The lowest BCUT2D eigenvalue weighted by molar-refractivity contribution is -0.134. The molecule has 5 heteroatoms. The normalized spacial score (nSPS) is 17.6. The Morgan fingerprint density at radius 1 is 1.12 bits per heavy atom. The number of carbonyl (C=O) groups excluding carboxylic acids is 2. The molecule has 26 heavy (non-hydrogen) atoms. The summed E-state index contributed by atoms with van der Waals surface area (Å²) in [7, 11) is 0. The standard InChI is InChI=1S/C21H25N3O2/c1-2-22-20(25)14-19-21(26)23-12-13-24(19)15-16-8-10-18(11-9-16)17-6-4-3-5-7-17/h3-11,19H,2,12-15H2,1H3,(H,22,25)(H,23,26). The van der Waals surface area contributed by atoms with Crippen LogP contribution in [0.2, 0.25) is 0 Å². The Labute approximate surface area is 154 Å². The summed E-state index contributed by atoms with van der Waals surface area (Å²) in [5.74, 6) is -0.151. The number of rotatable bonds is 6. The Morgan fingerprint density at radius 3 is 2.50 bits per heavy atom.